The van der Waals surface area contributed by atoms with Crippen LogP contribution in [0.2, 0.25) is 0 Å². The van der Waals surface area contributed by atoms with Gasteiger partial charge in [0.05, 0.1) is 6.61 Å². The molecule has 0 radical (unpaired) electrons. The van der Waals surface area contributed by atoms with Crippen molar-refractivity contribution < 1.29 is 19.4 Å². The minimum absolute atomic E-state index is 0.355. The van der Waals surface area contributed by atoms with Crippen LogP contribution in [0.4, 0.5) is 0 Å². The minimum Gasteiger partial charge on any atom is -0.479 e. The van der Waals surface area contributed by atoms with Crippen molar-refractivity contribution in [3.63, 3.8) is 0 Å². The van der Waals surface area contributed by atoms with E-state index in [9.17, 15) is 4.79 Å². The number of terminal acetylenes is 1. The molecule has 1 N–H and O–H groups in total. The second-order valence-electron chi connectivity index (χ2n) is 2.64. The molecule has 1 atom stereocenters. The Morgan fingerprint density at radius 2 is 2.29 bits per heavy atom. The molecule has 4 nitrogen and oxygen atoms in total. The van der Waals surface area contributed by atoms with E-state index >= 15 is 0 Å². The molecule has 0 heterocycles. The minimum atomic E-state index is -0.951. The largest absolute Gasteiger partial charge is 0.479 e. The average Bonchev–Trinajstić information content (AvgIpc) is 2.15. The highest BCUT2D eigenvalue weighted by Gasteiger charge is 2.16. The number of carboxylic acid groups (broad SMARTS) is 1. The van der Waals surface area contributed by atoms with Gasteiger partial charge in [0.25, 0.3) is 0 Å². The second-order valence-corrected chi connectivity index (χ2v) is 2.64. The van der Waals surface area contributed by atoms with E-state index < -0.39 is 12.1 Å². The molecular weight excluding hydrogens is 184 g/mol. The molecule has 0 aromatic rings. The maximum Gasteiger partial charge on any atom is 0.332 e. The zero-order valence-electron chi connectivity index (χ0n) is 8.36. The van der Waals surface area contributed by atoms with Crippen molar-refractivity contribution in [2.24, 2.45) is 0 Å². The fraction of sp³-hybridized carbons (Fsp3) is 0.700. The molecule has 0 aliphatic carbocycles. The van der Waals surface area contributed by atoms with Crippen molar-refractivity contribution >= 4 is 5.97 Å². The summed E-state index contributed by atoms with van der Waals surface area (Å²) in [5.41, 5.74) is 0. The first-order valence-corrected chi connectivity index (χ1v) is 4.58. The maximum absolute atomic E-state index is 10.6. The molecule has 0 spiro atoms. The number of carboxylic acids is 1. The van der Waals surface area contributed by atoms with E-state index in [1.54, 1.807) is 6.92 Å². The number of carbonyl (C=O) groups is 1. The molecule has 0 fully saturated rings. The van der Waals surface area contributed by atoms with Gasteiger partial charge in [0.2, 0.25) is 0 Å². The first-order valence-electron chi connectivity index (χ1n) is 4.58. The Balaban J connectivity index is 3.52. The van der Waals surface area contributed by atoms with Crippen molar-refractivity contribution in [2.45, 2.75) is 25.9 Å². The molecule has 4 heteroatoms. The van der Waals surface area contributed by atoms with Crippen LogP contribution >= 0.6 is 0 Å². The molecule has 14 heavy (non-hydrogen) atoms. The van der Waals surface area contributed by atoms with Gasteiger partial charge in [-0.05, 0) is 6.92 Å². The van der Waals surface area contributed by atoms with Gasteiger partial charge in [-0.15, -0.1) is 12.3 Å². The number of ether oxygens (including phenoxy) is 2. The first kappa shape index (κ1) is 12.9. The SMILES string of the molecule is C#CCCOCCC(OCC)C(=O)O. The predicted molar refractivity (Wildman–Crippen MR) is 51.9 cm³/mol. The molecule has 0 amide bonds. The van der Waals surface area contributed by atoms with E-state index in [1.165, 1.54) is 0 Å². The lowest BCUT2D eigenvalue weighted by Gasteiger charge is -2.11. The van der Waals surface area contributed by atoms with Crippen LogP contribution in [0.15, 0.2) is 0 Å². The van der Waals surface area contributed by atoms with Gasteiger partial charge in [0, 0.05) is 26.1 Å². The Morgan fingerprint density at radius 1 is 1.57 bits per heavy atom. The summed E-state index contributed by atoms with van der Waals surface area (Å²) >= 11 is 0. The Labute approximate surface area is 84.2 Å². The van der Waals surface area contributed by atoms with Crippen molar-refractivity contribution in [2.75, 3.05) is 19.8 Å². The van der Waals surface area contributed by atoms with Gasteiger partial charge in [0.1, 0.15) is 0 Å². The van der Waals surface area contributed by atoms with Gasteiger partial charge < -0.3 is 14.6 Å². The monoisotopic (exact) mass is 200 g/mol. The van der Waals surface area contributed by atoms with Crippen molar-refractivity contribution in [3.05, 3.63) is 0 Å². The number of hydrogen-bond donors (Lipinski definition) is 1. The third-order valence-corrected chi connectivity index (χ3v) is 1.56. The molecule has 0 rings (SSSR count). The lowest BCUT2D eigenvalue weighted by Crippen LogP contribution is -2.25. The summed E-state index contributed by atoms with van der Waals surface area (Å²) < 4.78 is 10.1. The molecule has 0 aliphatic heterocycles. The molecule has 0 aliphatic rings. The van der Waals surface area contributed by atoms with Gasteiger partial charge in [0.15, 0.2) is 6.10 Å². The van der Waals surface area contributed by atoms with Crippen LogP contribution in [-0.4, -0.2) is 37.0 Å². The molecule has 0 saturated heterocycles. The average molecular weight is 200 g/mol. The molecule has 0 aromatic heterocycles. The van der Waals surface area contributed by atoms with Gasteiger partial charge in [-0.3, -0.25) is 0 Å². The van der Waals surface area contributed by atoms with E-state index in [0.717, 1.165) is 0 Å². The summed E-state index contributed by atoms with van der Waals surface area (Å²) in [7, 11) is 0. The fourth-order valence-corrected chi connectivity index (χ4v) is 0.903. The zero-order valence-corrected chi connectivity index (χ0v) is 8.36. The third kappa shape index (κ3) is 6.46. The fourth-order valence-electron chi connectivity index (χ4n) is 0.903. The van der Waals surface area contributed by atoms with Crippen molar-refractivity contribution in [1.29, 1.82) is 0 Å². The van der Waals surface area contributed by atoms with Gasteiger partial charge in [-0.1, -0.05) is 0 Å². The third-order valence-electron chi connectivity index (χ3n) is 1.56. The van der Waals surface area contributed by atoms with Crippen molar-refractivity contribution in [1.82, 2.24) is 0 Å². The van der Waals surface area contributed by atoms with E-state index in [0.29, 0.717) is 32.7 Å². The Hall–Kier alpha value is -1.05. The van der Waals surface area contributed by atoms with Crippen LogP contribution in [-0.2, 0) is 14.3 Å². The van der Waals surface area contributed by atoms with E-state index in [1.807, 2.05) is 0 Å². The van der Waals surface area contributed by atoms with Crippen LogP contribution in [0.1, 0.15) is 19.8 Å². The Morgan fingerprint density at radius 3 is 2.79 bits per heavy atom. The molecular formula is C10H16O4. The quantitative estimate of drug-likeness (QED) is 0.467. The van der Waals surface area contributed by atoms with E-state index in [2.05, 4.69) is 5.92 Å². The number of hydrogen-bond acceptors (Lipinski definition) is 3. The Kier molecular flexibility index (Phi) is 7.90. The standard InChI is InChI=1S/C10H16O4/c1-3-5-7-13-8-6-9(10(11)12)14-4-2/h1,9H,4-8H2,2H3,(H,11,12). The molecule has 1 unspecified atom stereocenters. The first-order chi connectivity index (χ1) is 6.72. The van der Waals surface area contributed by atoms with Crippen LogP contribution in [0.5, 0.6) is 0 Å². The lowest BCUT2D eigenvalue weighted by molar-refractivity contribution is -0.151. The van der Waals surface area contributed by atoms with E-state index in [4.69, 9.17) is 21.0 Å². The van der Waals surface area contributed by atoms with Crippen LogP contribution in [0, 0.1) is 12.3 Å². The van der Waals surface area contributed by atoms with Crippen LogP contribution in [0.25, 0.3) is 0 Å². The summed E-state index contributed by atoms with van der Waals surface area (Å²) in [5, 5.41) is 8.69. The molecule has 80 valence electrons. The topological polar surface area (TPSA) is 55.8 Å². The molecule has 0 bridgehead atoms. The summed E-state index contributed by atoms with van der Waals surface area (Å²) in [4.78, 5) is 10.6. The van der Waals surface area contributed by atoms with Gasteiger partial charge in [-0.25, -0.2) is 4.79 Å². The number of aliphatic carboxylic acids is 1. The van der Waals surface area contributed by atoms with Crippen molar-refractivity contribution in [3.8, 4) is 12.3 Å². The zero-order chi connectivity index (χ0) is 10.8. The van der Waals surface area contributed by atoms with Crippen LogP contribution in [0.3, 0.4) is 0 Å². The predicted octanol–water partition coefficient (Wildman–Crippen LogP) is 0.906. The highest BCUT2D eigenvalue weighted by molar-refractivity contribution is 5.72. The van der Waals surface area contributed by atoms with E-state index in [-0.39, 0.29) is 0 Å². The highest BCUT2D eigenvalue weighted by atomic mass is 16.5. The van der Waals surface area contributed by atoms with Gasteiger partial charge >= 0.3 is 5.97 Å². The molecule has 0 saturated carbocycles. The summed E-state index contributed by atoms with van der Waals surface area (Å²) in [5.74, 6) is 1.48. The van der Waals surface area contributed by atoms with Gasteiger partial charge in [-0.2, -0.15) is 0 Å². The smallest absolute Gasteiger partial charge is 0.332 e. The van der Waals surface area contributed by atoms with Crippen LogP contribution < -0.4 is 0 Å². The maximum atomic E-state index is 10.6. The Bertz CT molecular complexity index is 195. The lowest BCUT2D eigenvalue weighted by atomic mass is 10.2. The highest BCUT2D eigenvalue weighted by Crippen LogP contribution is 1.99. The summed E-state index contributed by atoms with van der Waals surface area (Å²) in [6, 6.07) is 0. The second kappa shape index (κ2) is 8.54. The summed E-state index contributed by atoms with van der Waals surface area (Å²) in [6.45, 7) is 2.98. The normalized spacial score (nSPS) is 12.0. The molecule has 0 aromatic carbocycles. The number of rotatable bonds is 8. The summed E-state index contributed by atoms with van der Waals surface area (Å²) in [6.07, 6.45) is 5.15.